The number of nitrogens with one attached hydrogen (secondary N) is 1. The number of amidine groups is 1. The van der Waals surface area contributed by atoms with E-state index in [0.29, 0.717) is 35.6 Å². The topological polar surface area (TPSA) is 71.0 Å². The fraction of sp³-hybridized carbons (Fsp3) is 0.571. The van der Waals surface area contributed by atoms with Gasteiger partial charge in [-0.1, -0.05) is 35.9 Å². The first-order chi connectivity index (χ1) is 14.0. The second kappa shape index (κ2) is 9.96. The van der Waals surface area contributed by atoms with E-state index in [1.165, 1.54) is 18.2 Å². The zero-order valence-corrected chi connectivity index (χ0v) is 18.5. The quantitative estimate of drug-likeness (QED) is 0.592. The molecular weight excluding hydrogens is 410 g/mol. The highest BCUT2D eigenvalue weighted by atomic mass is 35.5. The molecule has 0 aromatic heterocycles. The van der Waals surface area contributed by atoms with E-state index >= 15 is 0 Å². The molecule has 158 valence electrons. The van der Waals surface area contributed by atoms with Crippen LogP contribution in [0.3, 0.4) is 0 Å². The van der Waals surface area contributed by atoms with Crippen LogP contribution in [0.25, 0.3) is 0 Å². The molecule has 1 aromatic carbocycles. The van der Waals surface area contributed by atoms with Crippen molar-refractivity contribution in [2.45, 2.75) is 44.3 Å². The minimum atomic E-state index is -0.447. The van der Waals surface area contributed by atoms with Crippen LogP contribution >= 0.6 is 23.4 Å². The molecule has 0 spiro atoms. The van der Waals surface area contributed by atoms with Crippen molar-refractivity contribution >= 4 is 46.0 Å². The Morgan fingerprint density at radius 1 is 1.45 bits per heavy atom. The first-order valence-corrected chi connectivity index (χ1v) is 11.3. The molecule has 0 radical (unpaired) electrons. The van der Waals surface area contributed by atoms with Crippen LogP contribution in [-0.2, 0) is 14.3 Å². The smallest absolute Gasteiger partial charge is 0.242 e. The van der Waals surface area contributed by atoms with Crippen molar-refractivity contribution < 1.29 is 14.3 Å². The Morgan fingerprint density at radius 2 is 2.24 bits per heavy atom. The zero-order valence-electron chi connectivity index (χ0n) is 16.9. The SMILES string of the molecule is CCOCCC1(CN2C(=O)C(CC(=O)NC)SC2=Nc2cccc(Cl)c2)CCC1. The van der Waals surface area contributed by atoms with E-state index in [0.717, 1.165) is 19.3 Å². The molecule has 1 aliphatic carbocycles. The number of amides is 2. The molecule has 6 nitrogen and oxygen atoms in total. The third-order valence-electron chi connectivity index (χ3n) is 5.59. The van der Waals surface area contributed by atoms with Gasteiger partial charge in [-0.15, -0.1) is 0 Å². The lowest BCUT2D eigenvalue weighted by atomic mass is 9.66. The molecule has 1 heterocycles. The molecule has 1 unspecified atom stereocenters. The van der Waals surface area contributed by atoms with Crippen LogP contribution < -0.4 is 5.32 Å². The zero-order chi connectivity index (χ0) is 20.9. The van der Waals surface area contributed by atoms with E-state index in [-0.39, 0.29) is 23.7 Å². The molecule has 2 fully saturated rings. The largest absolute Gasteiger partial charge is 0.382 e. The maximum atomic E-state index is 13.2. The fourth-order valence-electron chi connectivity index (χ4n) is 3.73. The predicted octanol–water partition coefficient (Wildman–Crippen LogP) is 4.00. The molecule has 8 heteroatoms. The minimum Gasteiger partial charge on any atom is -0.382 e. The van der Waals surface area contributed by atoms with Gasteiger partial charge in [-0.25, -0.2) is 4.99 Å². The van der Waals surface area contributed by atoms with Crippen molar-refractivity contribution in [3.63, 3.8) is 0 Å². The third kappa shape index (κ3) is 5.53. The van der Waals surface area contributed by atoms with Crippen molar-refractivity contribution in [3.05, 3.63) is 29.3 Å². The second-order valence-electron chi connectivity index (χ2n) is 7.58. The highest BCUT2D eigenvalue weighted by Gasteiger charge is 2.45. The van der Waals surface area contributed by atoms with Crippen molar-refractivity contribution in [2.24, 2.45) is 10.4 Å². The number of nitrogens with zero attached hydrogens (tertiary/aromatic N) is 2. The van der Waals surface area contributed by atoms with Crippen molar-refractivity contribution in [3.8, 4) is 0 Å². The van der Waals surface area contributed by atoms with Crippen LogP contribution in [0.5, 0.6) is 0 Å². The van der Waals surface area contributed by atoms with E-state index in [1.807, 2.05) is 19.1 Å². The van der Waals surface area contributed by atoms with Crippen LogP contribution in [-0.4, -0.2) is 53.9 Å². The van der Waals surface area contributed by atoms with Gasteiger partial charge in [0.25, 0.3) is 0 Å². The average Bonchev–Trinajstić information content (AvgIpc) is 2.94. The number of hydrogen-bond acceptors (Lipinski definition) is 5. The molecule has 0 bridgehead atoms. The maximum absolute atomic E-state index is 13.2. The van der Waals surface area contributed by atoms with Gasteiger partial charge in [0.1, 0.15) is 5.25 Å². The Balaban J connectivity index is 1.83. The second-order valence-corrected chi connectivity index (χ2v) is 9.19. The molecule has 29 heavy (non-hydrogen) atoms. The summed E-state index contributed by atoms with van der Waals surface area (Å²) in [6.07, 6.45) is 4.42. The molecule has 1 saturated carbocycles. The number of thioether (sulfide) groups is 1. The average molecular weight is 438 g/mol. The minimum absolute atomic E-state index is 0.0398. The molecule has 1 N–H and O–H groups in total. The molecule has 1 aromatic rings. The summed E-state index contributed by atoms with van der Waals surface area (Å²) in [6.45, 7) is 4.02. The molecule has 1 saturated heterocycles. The van der Waals surface area contributed by atoms with Gasteiger partial charge in [0.05, 0.1) is 5.69 Å². The van der Waals surface area contributed by atoms with E-state index in [2.05, 4.69) is 5.32 Å². The fourth-order valence-corrected chi connectivity index (χ4v) is 5.07. The monoisotopic (exact) mass is 437 g/mol. The first-order valence-electron chi connectivity index (χ1n) is 10.1. The predicted molar refractivity (Wildman–Crippen MR) is 118 cm³/mol. The Bertz CT molecular complexity index is 782. The lowest BCUT2D eigenvalue weighted by Gasteiger charge is -2.44. The molecule has 1 atom stereocenters. The van der Waals surface area contributed by atoms with Gasteiger partial charge in [-0.3, -0.25) is 14.5 Å². The summed E-state index contributed by atoms with van der Waals surface area (Å²) < 4.78 is 5.57. The highest BCUT2D eigenvalue weighted by Crippen LogP contribution is 2.46. The summed E-state index contributed by atoms with van der Waals surface area (Å²) >= 11 is 7.46. The van der Waals surface area contributed by atoms with Crippen LogP contribution in [0.1, 0.15) is 39.0 Å². The van der Waals surface area contributed by atoms with Crippen LogP contribution in [0.4, 0.5) is 5.69 Å². The summed E-state index contributed by atoms with van der Waals surface area (Å²) in [5.41, 5.74) is 0.776. The third-order valence-corrected chi connectivity index (χ3v) is 7.00. The van der Waals surface area contributed by atoms with Gasteiger partial charge in [0, 0.05) is 38.2 Å². The van der Waals surface area contributed by atoms with E-state index < -0.39 is 5.25 Å². The van der Waals surface area contributed by atoms with Gasteiger partial charge in [0.15, 0.2) is 5.17 Å². The number of carbonyl (C=O) groups is 2. The summed E-state index contributed by atoms with van der Waals surface area (Å²) in [4.78, 5) is 31.5. The Hall–Kier alpha value is -1.57. The van der Waals surface area contributed by atoms with E-state index in [4.69, 9.17) is 21.3 Å². The molecule has 1 aliphatic heterocycles. The summed E-state index contributed by atoms with van der Waals surface area (Å²) in [6, 6.07) is 7.27. The Labute approximate surface area is 181 Å². The Kier molecular flexibility index (Phi) is 7.60. The number of hydrogen-bond donors (Lipinski definition) is 1. The van der Waals surface area contributed by atoms with Crippen LogP contribution in [0.15, 0.2) is 29.3 Å². The number of ether oxygens (including phenoxy) is 1. The van der Waals surface area contributed by atoms with Crippen LogP contribution in [0, 0.1) is 5.41 Å². The lowest BCUT2D eigenvalue weighted by molar-refractivity contribution is -0.130. The highest BCUT2D eigenvalue weighted by molar-refractivity contribution is 8.15. The summed E-state index contributed by atoms with van der Waals surface area (Å²) in [7, 11) is 1.59. The maximum Gasteiger partial charge on any atom is 0.242 e. The van der Waals surface area contributed by atoms with E-state index in [1.54, 1.807) is 24.1 Å². The summed E-state index contributed by atoms with van der Waals surface area (Å²) in [5, 5.41) is 3.41. The molecular formula is C21H28ClN3O3S. The number of carbonyl (C=O) groups excluding carboxylic acids is 2. The van der Waals surface area contributed by atoms with Gasteiger partial charge >= 0.3 is 0 Å². The molecule has 2 amide bonds. The number of benzene rings is 1. The van der Waals surface area contributed by atoms with E-state index in [9.17, 15) is 9.59 Å². The van der Waals surface area contributed by atoms with Gasteiger partial charge in [-0.2, -0.15) is 0 Å². The normalized spacial score (nSPS) is 22.0. The standard InChI is InChI=1S/C21H28ClN3O3S/c1-3-28-11-10-21(8-5-9-21)14-25-19(27)17(13-18(26)23-2)29-20(25)24-16-7-4-6-15(22)12-16/h4,6-7,12,17H,3,5,8-11,13-14H2,1-2H3,(H,23,26). The van der Waals surface area contributed by atoms with Crippen molar-refractivity contribution in [1.29, 1.82) is 0 Å². The lowest BCUT2D eigenvalue weighted by Crippen LogP contribution is -2.46. The molecule has 3 rings (SSSR count). The van der Waals surface area contributed by atoms with Gasteiger partial charge < -0.3 is 10.1 Å². The number of aliphatic imine (C=N–C) groups is 1. The number of halogens is 1. The Morgan fingerprint density at radius 3 is 2.86 bits per heavy atom. The van der Waals surface area contributed by atoms with Gasteiger partial charge in [-0.05, 0) is 49.8 Å². The first kappa shape index (κ1) is 22.1. The summed E-state index contributed by atoms with van der Waals surface area (Å²) in [5.74, 6) is -0.184. The molecule has 2 aliphatic rings. The van der Waals surface area contributed by atoms with Gasteiger partial charge in [0.2, 0.25) is 11.8 Å². The van der Waals surface area contributed by atoms with Crippen molar-refractivity contribution in [1.82, 2.24) is 10.2 Å². The van der Waals surface area contributed by atoms with Crippen LogP contribution in [0.2, 0.25) is 5.02 Å². The van der Waals surface area contributed by atoms with Crippen molar-refractivity contribution in [2.75, 3.05) is 26.8 Å². The number of rotatable bonds is 9.